The summed E-state index contributed by atoms with van der Waals surface area (Å²) in [4.78, 5) is 15.7. The van der Waals surface area contributed by atoms with Gasteiger partial charge in [-0.25, -0.2) is 10.8 Å². The van der Waals surface area contributed by atoms with E-state index in [1.165, 1.54) is 22.3 Å². The summed E-state index contributed by atoms with van der Waals surface area (Å²) in [5, 5.41) is 3.47. The van der Waals surface area contributed by atoms with Crippen molar-refractivity contribution >= 4 is 28.1 Å². The van der Waals surface area contributed by atoms with Crippen LogP contribution in [0.1, 0.15) is 21.1 Å². The zero-order chi connectivity index (χ0) is 14.1. The van der Waals surface area contributed by atoms with Crippen LogP contribution in [0, 0.1) is 6.92 Å². The fraction of sp³-hybridized carbons (Fsp3) is 0.143. The summed E-state index contributed by atoms with van der Waals surface area (Å²) in [6, 6.07) is 8.43. The maximum Gasteiger partial charge on any atom is 0.294 e. The molecule has 0 unspecified atom stereocenters. The number of carbonyl (C=O) groups excluding carboxylic acids is 1. The van der Waals surface area contributed by atoms with Crippen molar-refractivity contribution in [3.8, 4) is 0 Å². The molecule has 0 aliphatic heterocycles. The fourth-order valence-electron chi connectivity index (χ4n) is 2.18. The van der Waals surface area contributed by atoms with Crippen molar-refractivity contribution in [1.82, 2.24) is 15.0 Å². The molecule has 6 heteroatoms. The second-order valence-electron chi connectivity index (χ2n) is 4.62. The van der Waals surface area contributed by atoms with Gasteiger partial charge in [-0.3, -0.25) is 10.2 Å². The van der Waals surface area contributed by atoms with E-state index in [0.717, 1.165) is 11.2 Å². The molecular weight excluding hydrogens is 272 g/mol. The van der Waals surface area contributed by atoms with Gasteiger partial charge in [-0.2, -0.15) is 0 Å². The van der Waals surface area contributed by atoms with Crippen LogP contribution in [0.25, 0.3) is 10.9 Å². The van der Waals surface area contributed by atoms with Crippen LogP contribution >= 0.6 is 11.3 Å². The number of hydrogen-bond donors (Lipinski definition) is 2. The van der Waals surface area contributed by atoms with Gasteiger partial charge in [0.05, 0.1) is 12.2 Å². The van der Waals surface area contributed by atoms with E-state index in [1.807, 2.05) is 11.6 Å². The predicted molar refractivity (Wildman–Crippen MR) is 79.5 cm³/mol. The Morgan fingerprint density at radius 3 is 3.10 bits per heavy atom. The monoisotopic (exact) mass is 286 g/mol. The normalized spacial score (nSPS) is 10.9. The Kier molecular flexibility index (Phi) is 3.25. The number of benzene rings is 1. The maximum atomic E-state index is 11.4. The van der Waals surface area contributed by atoms with Crippen LogP contribution in [0.5, 0.6) is 0 Å². The number of nitrogens with zero attached hydrogens (tertiary/aromatic N) is 2. The lowest BCUT2D eigenvalue weighted by atomic mass is 10.2. The van der Waals surface area contributed by atoms with E-state index >= 15 is 0 Å². The van der Waals surface area contributed by atoms with Crippen molar-refractivity contribution < 1.29 is 4.79 Å². The van der Waals surface area contributed by atoms with Gasteiger partial charge in [-0.15, -0.1) is 11.3 Å². The molecule has 102 valence electrons. The molecule has 0 bridgehead atoms. The van der Waals surface area contributed by atoms with Gasteiger partial charge in [0.1, 0.15) is 0 Å². The van der Waals surface area contributed by atoms with Gasteiger partial charge in [-0.1, -0.05) is 11.6 Å². The topological polar surface area (TPSA) is 72.9 Å². The largest absolute Gasteiger partial charge is 0.341 e. The lowest BCUT2D eigenvalue weighted by molar-refractivity contribution is 0.0953. The molecule has 0 atom stereocenters. The number of aromatic nitrogens is 2. The Labute approximate surface area is 120 Å². The summed E-state index contributed by atoms with van der Waals surface area (Å²) < 4.78 is 2.12. The molecule has 20 heavy (non-hydrogen) atoms. The predicted octanol–water partition coefficient (Wildman–Crippen LogP) is 2.06. The highest BCUT2D eigenvalue weighted by Gasteiger charge is 2.10. The number of nitrogens with two attached hydrogens (primary N) is 1. The number of carbonyl (C=O) groups is 1. The molecule has 3 N–H and O–H groups in total. The number of rotatable bonds is 3. The number of fused-ring (bicyclic) bond motifs is 1. The van der Waals surface area contributed by atoms with Crippen LogP contribution in [0.3, 0.4) is 0 Å². The average Bonchev–Trinajstić information content (AvgIpc) is 3.06. The summed E-state index contributed by atoms with van der Waals surface area (Å²) in [5.74, 6) is 4.75. The Morgan fingerprint density at radius 1 is 1.45 bits per heavy atom. The third kappa shape index (κ3) is 2.31. The number of hydrazine groups is 1. The van der Waals surface area contributed by atoms with E-state index in [9.17, 15) is 4.79 Å². The van der Waals surface area contributed by atoms with Crippen LogP contribution < -0.4 is 11.3 Å². The molecule has 1 aromatic carbocycles. The molecule has 0 fully saturated rings. The van der Waals surface area contributed by atoms with Gasteiger partial charge in [-0.05, 0) is 30.5 Å². The number of nitrogens with one attached hydrogen (secondary N) is 1. The van der Waals surface area contributed by atoms with Crippen molar-refractivity contribution in [2.24, 2.45) is 5.84 Å². The smallest absolute Gasteiger partial charge is 0.294 e. The van der Waals surface area contributed by atoms with Crippen molar-refractivity contribution in [2.75, 3.05) is 0 Å². The zero-order valence-corrected chi connectivity index (χ0v) is 11.8. The molecule has 1 amide bonds. The minimum atomic E-state index is -0.353. The maximum absolute atomic E-state index is 11.4. The highest BCUT2D eigenvalue weighted by molar-refractivity contribution is 7.11. The van der Waals surface area contributed by atoms with E-state index < -0.39 is 0 Å². The van der Waals surface area contributed by atoms with E-state index in [4.69, 9.17) is 5.84 Å². The average molecular weight is 286 g/mol. The van der Waals surface area contributed by atoms with Gasteiger partial charge in [0.2, 0.25) is 0 Å². The Bertz CT molecular complexity index is 774. The lowest BCUT2D eigenvalue weighted by Gasteiger charge is -2.03. The van der Waals surface area contributed by atoms with Crippen molar-refractivity contribution in [2.45, 2.75) is 13.5 Å². The van der Waals surface area contributed by atoms with Gasteiger partial charge in [0.25, 0.3) is 5.91 Å². The Morgan fingerprint density at radius 2 is 2.30 bits per heavy atom. The fourth-order valence-corrected chi connectivity index (χ4v) is 2.89. The molecular formula is C14H14N4OS. The highest BCUT2D eigenvalue weighted by atomic mass is 32.1. The summed E-state index contributed by atoms with van der Waals surface area (Å²) in [6.45, 7) is 2.72. The zero-order valence-electron chi connectivity index (χ0n) is 11.0. The first kappa shape index (κ1) is 12.8. The number of nitrogen functional groups attached to an aromatic ring is 1. The first-order valence-corrected chi connectivity index (χ1v) is 7.06. The van der Waals surface area contributed by atoms with E-state index in [2.05, 4.69) is 46.2 Å². The van der Waals surface area contributed by atoms with Crippen molar-refractivity contribution in [3.63, 3.8) is 0 Å². The SMILES string of the molecule is Cc1ccc2c(ccn2Cc2csc(C(=O)NN)n2)c1. The Hall–Kier alpha value is -2.18. The number of amides is 1. The Balaban J connectivity index is 1.89. The van der Waals surface area contributed by atoms with Crippen molar-refractivity contribution in [3.05, 3.63) is 52.1 Å². The number of hydrogen-bond acceptors (Lipinski definition) is 4. The third-order valence-corrected chi connectivity index (χ3v) is 4.03. The molecule has 0 spiro atoms. The van der Waals surface area contributed by atoms with E-state index in [0.29, 0.717) is 11.6 Å². The molecule has 3 aromatic rings. The van der Waals surface area contributed by atoms with Crippen molar-refractivity contribution in [1.29, 1.82) is 0 Å². The summed E-state index contributed by atoms with van der Waals surface area (Å²) in [6.07, 6.45) is 2.03. The van der Waals surface area contributed by atoms with E-state index in [-0.39, 0.29) is 5.91 Å². The quantitative estimate of drug-likeness (QED) is 0.440. The highest BCUT2D eigenvalue weighted by Crippen LogP contribution is 2.19. The second kappa shape index (κ2) is 5.07. The minimum Gasteiger partial charge on any atom is -0.341 e. The van der Waals surface area contributed by atoms with Crippen LogP contribution in [0.15, 0.2) is 35.8 Å². The van der Waals surface area contributed by atoms with Crippen LogP contribution in [0.4, 0.5) is 0 Å². The number of aryl methyl sites for hydroxylation is 1. The molecule has 0 saturated carbocycles. The molecule has 2 heterocycles. The van der Waals surface area contributed by atoms with Gasteiger partial charge < -0.3 is 4.57 Å². The molecule has 0 aliphatic rings. The minimum absolute atomic E-state index is 0.353. The first-order chi connectivity index (χ1) is 9.67. The van der Waals surface area contributed by atoms with Crippen LogP contribution in [0.2, 0.25) is 0 Å². The summed E-state index contributed by atoms with van der Waals surface area (Å²) in [5.41, 5.74) is 5.35. The first-order valence-electron chi connectivity index (χ1n) is 6.18. The van der Waals surface area contributed by atoms with Crippen LogP contribution in [-0.2, 0) is 6.54 Å². The van der Waals surface area contributed by atoms with Gasteiger partial charge in [0.15, 0.2) is 5.01 Å². The third-order valence-electron chi connectivity index (χ3n) is 3.14. The molecule has 3 rings (SSSR count). The molecule has 5 nitrogen and oxygen atoms in total. The van der Waals surface area contributed by atoms with Crippen LogP contribution in [-0.4, -0.2) is 15.5 Å². The second-order valence-corrected chi connectivity index (χ2v) is 5.48. The molecule has 0 aliphatic carbocycles. The lowest BCUT2D eigenvalue weighted by Crippen LogP contribution is -2.29. The molecule has 0 saturated heterocycles. The van der Waals surface area contributed by atoms with E-state index in [1.54, 1.807) is 0 Å². The standard InChI is InChI=1S/C14H14N4OS/c1-9-2-3-12-10(6-9)4-5-18(12)7-11-8-20-14(16-11)13(19)17-15/h2-6,8H,7,15H2,1H3,(H,17,19). The molecule has 2 aromatic heterocycles. The summed E-state index contributed by atoms with van der Waals surface area (Å²) in [7, 11) is 0. The summed E-state index contributed by atoms with van der Waals surface area (Å²) >= 11 is 1.30. The molecule has 0 radical (unpaired) electrons. The van der Waals surface area contributed by atoms with Gasteiger partial charge >= 0.3 is 0 Å². The van der Waals surface area contributed by atoms with Gasteiger partial charge in [0, 0.05) is 17.1 Å². The number of thiazole rings is 1.